The number of ether oxygens (including phenoxy) is 1. The number of nitrogens with one attached hydrogen (secondary N) is 1. The van der Waals surface area contributed by atoms with E-state index in [0.717, 1.165) is 0 Å². The second-order valence-electron chi connectivity index (χ2n) is 7.22. The average molecular weight is 486 g/mol. The van der Waals surface area contributed by atoms with Gasteiger partial charge >= 0.3 is 5.69 Å². The van der Waals surface area contributed by atoms with Crippen molar-refractivity contribution in [2.45, 2.75) is 36.7 Å². The van der Waals surface area contributed by atoms with E-state index in [-0.39, 0.29) is 21.2 Å². The summed E-state index contributed by atoms with van der Waals surface area (Å²) in [6.07, 6.45) is 0. The first kappa shape index (κ1) is 22.8. The number of hydrogen-bond acceptors (Lipinski definition) is 6. The molecule has 1 amide bonds. The van der Waals surface area contributed by atoms with Crippen molar-refractivity contribution in [3.8, 4) is 5.75 Å². The van der Waals surface area contributed by atoms with Crippen molar-refractivity contribution >= 4 is 43.8 Å². The Morgan fingerprint density at radius 1 is 1.03 bits per heavy atom. The van der Waals surface area contributed by atoms with Crippen molar-refractivity contribution in [1.29, 1.82) is 0 Å². The molecule has 0 fully saturated rings. The van der Waals surface area contributed by atoms with Crippen LogP contribution in [0.25, 0.3) is 11.0 Å². The van der Waals surface area contributed by atoms with Crippen LogP contribution in [0.4, 0.5) is 5.69 Å². The van der Waals surface area contributed by atoms with Crippen molar-refractivity contribution in [2.75, 3.05) is 12.4 Å². The molecule has 0 saturated heterocycles. The number of fused-ring (bicyclic) bond motifs is 1. The van der Waals surface area contributed by atoms with Crippen LogP contribution >= 0.6 is 11.3 Å². The van der Waals surface area contributed by atoms with Gasteiger partial charge in [0, 0.05) is 13.1 Å². The maximum Gasteiger partial charge on any atom is 0.329 e. The summed E-state index contributed by atoms with van der Waals surface area (Å²) in [5.74, 6) is 0.103. The van der Waals surface area contributed by atoms with E-state index in [1.165, 1.54) is 41.2 Å². The molecule has 2 aromatic heterocycles. The molecule has 0 saturated carbocycles. The number of aryl methyl sites for hydroxylation is 2. The Labute approximate surface area is 195 Å². The van der Waals surface area contributed by atoms with Crippen LogP contribution in [-0.4, -0.2) is 30.6 Å². The van der Waals surface area contributed by atoms with Crippen LogP contribution in [0.15, 0.2) is 68.5 Å². The lowest BCUT2D eigenvalue weighted by Gasteiger charge is -2.14. The van der Waals surface area contributed by atoms with Crippen LogP contribution in [0.2, 0.25) is 0 Å². The molecule has 33 heavy (non-hydrogen) atoms. The summed E-state index contributed by atoms with van der Waals surface area (Å²) in [5, 5.41) is 4.51. The summed E-state index contributed by atoms with van der Waals surface area (Å²) in [6, 6.07) is 12.5. The van der Waals surface area contributed by atoms with Gasteiger partial charge in [0.05, 0.1) is 38.5 Å². The van der Waals surface area contributed by atoms with Gasteiger partial charge < -0.3 is 10.1 Å². The van der Waals surface area contributed by atoms with Crippen molar-refractivity contribution in [3.05, 3.63) is 69.3 Å². The molecule has 8 nitrogen and oxygen atoms in total. The zero-order valence-corrected chi connectivity index (χ0v) is 20.0. The fourth-order valence-electron chi connectivity index (χ4n) is 3.75. The number of rotatable bonds is 7. The van der Waals surface area contributed by atoms with Crippen molar-refractivity contribution in [1.82, 2.24) is 9.13 Å². The van der Waals surface area contributed by atoms with Gasteiger partial charge in [-0.15, -0.1) is 11.3 Å². The number of thiophene rings is 1. The highest BCUT2D eigenvalue weighted by molar-refractivity contribution is 7.91. The molecular weight excluding hydrogens is 462 g/mol. The lowest BCUT2D eigenvalue weighted by atomic mass is 10.2. The van der Waals surface area contributed by atoms with E-state index in [9.17, 15) is 18.0 Å². The molecule has 0 aliphatic heterocycles. The van der Waals surface area contributed by atoms with Crippen LogP contribution in [0.3, 0.4) is 0 Å². The van der Waals surface area contributed by atoms with Gasteiger partial charge in [-0.2, -0.15) is 0 Å². The fourth-order valence-corrected chi connectivity index (χ4v) is 5.78. The lowest BCUT2D eigenvalue weighted by molar-refractivity contribution is 0.103. The zero-order valence-electron chi connectivity index (χ0n) is 18.4. The Balaban J connectivity index is 1.97. The highest BCUT2D eigenvalue weighted by Gasteiger charge is 2.26. The summed E-state index contributed by atoms with van der Waals surface area (Å²) < 4.78 is 35.5. The van der Waals surface area contributed by atoms with Crippen LogP contribution in [0.5, 0.6) is 5.75 Å². The molecular formula is C23H23N3O5S2. The largest absolute Gasteiger partial charge is 0.497 e. The minimum Gasteiger partial charge on any atom is -0.497 e. The molecule has 10 heteroatoms. The summed E-state index contributed by atoms with van der Waals surface area (Å²) in [5.41, 5.74) is 0.932. The van der Waals surface area contributed by atoms with Crippen LogP contribution in [0, 0.1) is 0 Å². The number of carbonyl (C=O) groups is 1. The lowest BCUT2D eigenvalue weighted by Crippen LogP contribution is -2.23. The molecule has 0 aliphatic carbocycles. The van der Waals surface area contributed by atoms with Gasteiger partial charge in [0.2, 0.25) is 9.84 Å². The summed E-state index contributed by atoms with van der Waals surface area (Å²) in [4.78, 5) is 26.1. The van der Waals surface area contributed by atoms with E-state index in [1.807, 2.05) is 13.8 Å². The number of hydrogen-bond donors (Lipinski definition) is 1. The molecule has 0 aliphatic rings. The van der Waals surface area contributed by atoms with Gasteiger partial charge in [-0.05, 0) is 61.7 Å². The monoisotopic (exact) mass is 485 g/mol. The molecule has 0 spiro atoms. The maximum absolute atomic E-state index is 13.6. The van der Waals surface area contributed by atoms with Gasteiger partial charge in [0.1, 0.15) is 5.75 Å². The Morgan fingerprint density at radius 3 is 2.21 bits per heavy atom. The van der Waals surface area contributed by atoms with Gasteiger partial charge in [-0.25, -0.2) is 13.2 Å². The van der Waals surface area contributed by atoms with E-state index >= 15 is 0 Å². The van der Waals surface area contributed by atoms with Gasteiger partial charge in [-0.3, -0.25) is 13.9 Å². The fraction of sp³-hybridized carbons (Fsp3) is 0.217. The van der Waals surface area contributed by atoms with Crippen molar-refractivity contribution < 1.29 is 17.9 Å². The number of sulfone groups is 1. The smallest absolute Gasteiger partial charge is 0.329 e. The molecule has 0 unspecified atom stereocenters. The van der Waals surface area contributed by atoms with Gasteiger partial charge in [0.15, 0.2) is 0 Å². The van der Waals surface area contributed by atoms with E-state index in [0.29, 0.717) is 34.7 Å². The van der Waals surface area contributed by atoms with Crippen LogP contribution in [-0.2, 0) is 22.9 Å². The van der Waals surface area contributed by atoms with Crippen molar-refractivity contribution in [3.63, 3.8) is 0 Å². The average Bonchev–Trinajstić information content (AvgIpc) is 3.44. The first-order valence-electron chi connectivity index (χ1n) is 10.3. The molecule has 2 heterocycles. The Morgan fingerprint density at radius 2 is 1.67 bits per heavy atom. The molecule has 1 N–H and O–H groups in total. The number of carbonyl (C=O) groups excluding carboxylic acids is 1. The first-order chi connectivity index (χ1) is 15.8. The molecule has 0 radical (unpaired) electrons. The van der Waals surface area contributed by atoms with Crippen LogP contribution < -0.4 is 15.7 Å². The van der Waals surface area contributed by atoms with E-state index < -0.39 is 15.7 Å². The summed E-state index contributed by atoms with van der Waals surface area (Å²) in [7, 11) is -2.53. The molecule has 4 aromatic rings. The molecule has 0 bridgehead atoms. The quantitative estimate of drug-likeness (QED) is 0.427. The van der Waals surface area contributed by atoms with Gasteiger partial charge in [-0.1, -0.05) is 6.07 Å². The highest BCUT2D eigenvalue weighted by Crippen LogP contribution is 2.33. The van der Waals surface area contributed by atoms with E-state index in [1.54, 1.807) is 40.3 Å². The predicted molar refractivity (Wildman–Crippen MR) is 128 cm³/mol. The third-order valence-electron chi connectivity index (χ3n) is 5.41. The Hall–Kier alpha value is -3.37. The SMILES string of the molecule is CCn1c(=O)n(CC)c2cc(S(=O)(=O)c3ccc(OC)cc3)c(NC(=O)c3cccs3)cc21. The number of amides is 1. The third kappa shape index (κ3) is 3.96. The number of benzene rings is 2. The number of aromatic nitrogens is 2. The summed E-state index contributed by atoms with van der Waals surface area (Å²) in [6.45, 7) is 4.45. The van der Waals surface area contributed by atoms with E-state index in [2.05, 4.69) is 5.32 Å². The minimum atomic E-state index is -4.03. The second kappa shape index (κ2) is 8.87. The molecule has 4 rings (SSSR count). The Kier molecular flexibility index (Phi) is 6.13. The number of anilines is 1. The van der Waals surface area contributed by atoms with E-state index in [4.69, 9.17) is 4.74 Å². The minimum absolute atomic E-state index is 0.0505. The molecule has 2 aromatic carbocycles. The zero-order chi connectivity index (χ0) is 23.8. The summed E-state index contributed by atoms with van der Waals surface area (Å²) >= 11 is 1.25. The second-order valence-corrected chi connectivity index (χ2v) is 10.1. The normalized spacial score (nSPS) is 11.6. The first-order valence-corrected chi connectivity index (χ1v) is 12.7. The van der Waals surface area contributed by atoms with Crippen molar-refractivity contribution in [2.24, 2.45) is 0 Å². The number of nitrogens with zero attached hydrogens (tertiary/aromatic N) is 2. The third-order valence-corrected chi connectivity index (χ3v) is 8.08. The van der Waals surface area contributed by atoms with Gasteiger partial charge in [0.25, 0.3) is 5.91 Å². The Bertz CT molecular complexity index is 1480. The number of methoxy groups -OCH3 is 1. The topological polar surface area (TPSA) is 99.4 Å². The molecule has 0 atom stereocenters. The predicted octanol–water partition coefficient (Wildman–Crippen LogP) is 4.00. The van der Waals surface area contributed by atoms with Crippen LogP contribution in [0.1, 0.15) is 23.5 Å². The molecule has 172 valence electrons. The maximum atomic E-state index is 13.6. The highest BCUT2D eigenvalue weighted by atomic mass is 32.2. The standard InChI is InChI=1S/C23H23N3O5S2/c1-4-25-18-13-17(24-22(27)20-7-6-12-32-20)21(14-19(18)26(5-2)23(25)28)33(29,30)16-10-8-15(31-3)9-11-16/h6-14H,4-5H2,1-3H3,(H,24,27). The number of imidazole rings is 1.